The van der Waals surface area contributed by atoms with E-state index in [0.29, 0.717) is 24.7 Å². The molecule has 0 aromatic rings. The number of isocyanates is 1. The van der Waals surface area contributed by atoms with Gasteiger partial charge >= 0.3 is 6.03 Å². The first-order chi connectivity index (χ1) is 10.0. The van der Waals surface area contributed by atoms with Gasteiger partial charge in [0.2, 0.25) is 6.08 Å². The van der Waals surface area contributed by atoms with E-state index >= 15 is 0 Å². The fraction of sp³-hybridized carbons (Fsp3) is 0.615. The fourth-order valence-electron chi connectivity index (χ4n) is 1.68. The number of aliphatic imine (C=N–C) groups is 1. The normalized spacial score (nSPS) is 20.7. The zero-order valence-corrected chi connectivity index (χ0v) is 12.4. The number of urea groups is 1. The van der Waals surface area contributed by atoms with Crippen molar-refractivity contribution in [3.8, 4) is 0 Å². The minimum atomic E-state index is -0.429. The summed E-state index contributed by atoms with van der Waals surface area (Å²) in [4.78, 5) is 35.4. The van der Waals surface area contributed by atoms with E-state index in [4.69, 9.17) is 14.6 Å². The summed E-state index contributed by atoms with van der Waals surface area (Å²) in [6, 6.07) is -0.338. The highest BCUT2D eigenvalue weighted by Gasteiger charge is 2.31. The van der Waals surface area contributed by atoms with Crippen LogP contribution in [-0.2, 0) is 14.3 Å². The summed E-state index contributed by atoms with van der Waals surface area (Å²) in [5, 5.41) is 11.5. The molecule has 0 aromatic carbocycles. The van der Waals surface area contributed by atoms with Crippen LogP contribution >= 0.6 is 0 Å². The molecule has 0 spiro atoms. The van der Waals surface area contributed by atoms with Crippen LogP contribution in [0.3, 0.4) is 0 Å². The van der Waals surface area contributed by atoms with Crippen LogP contribution < -0.4 is 5.32 Å². The number of allylic oxidation sites excluding steroid dienone is 1. The highest BCUT2D eigenvalue weighted by Crippen LogP contribution is 2.23. The zero-order valence-electron chi connectivity index (χ0n) is 12.4. The number of aliphatic hydroxyl groups is 1. The summed E-state index contributed by atoms with van der Waals surface area (Å²) in [5.74, 6) is 0. The quantitative estimate of drug-likeness (QED) is 0.333. The van der Waals surface area contributed by atoms with Crippen molar-refractivity contribution < 1.29 is 24.2 Å². The number of nitrogens with zero attached hydrogens (tertiary/aromatic N) is 2. The molecule has 2 atom stereocenters. The van der Waals surface area contributed by atoms with E-state index in [0.717, 1.165) is 0 Å². The first-order valence-electron chi connectivity index (χ1n) is 6.39. The van der Waals surface area contributed by atoms with Crippen LogP contribution in [0.25, 0.3) is 0 Å². The Morgan fingerprint density at radius 2 is 2.19 bits per heavy atom. The van der Waals surface area contributed by atoms with Gasteiger partial charge in [-0.2, -0.15) is 0 Å². The first-order valence-corrected chi connectivity index (χ1v) is 6.39. The smallest absolute Gasteiger partial charge is 0.323 e. The SMILES string of the molecule is CN=C=O.CNC(=O)N(/C=C(/C)C=O)C1CCC(CO)O1. The van der Waals surface area contributed by atoms with Crippen molar-refractivity contribution in [3.63, 3.8) is 0 Å². The molecule has 1 aliphatic heterocycles. The third kappa shape index (κ3) is 6.80. The molecular weight excluding hydrogens is 278 g/mol. The molecule has 1 fully saturated rings. The molecule has 8 nitrogen and oxygen atoms in total. The molecule has 0 radical (unpaired) electrons. The molecule has 0 bridgehead atoms. The second-order valence-corrected chi connectivity index (χ2v) is 4.24. The Kier molecular flexibility index (Phi) is 9.70. The van der Waals surface area contributed by atoms with E-state index in [2.05, 4.69) is 10.3 Å². The predicted octanol–water partition coefficient (Wildman–Crippen LogP) is 0.180. The van der Waals surface area contributed by atoms with Gasteiger partial charge in [-0.3, -0.25) is 9.69 Å². The molecule has 1 rings (SSSR count). The lowest BCUT2D eigenvalue weighted by Gasteiger charge is -2.25. The van der Waals surface area contributed by atoms with E-state index in [1.165, 1.54) is 31.3 Å². The third-order valence-electron chi connectivity index (χ3n) is 2.67. The predicted molar refractivity (Wildman–Crippen MR) is 75.1 cm³/mol. The summed E-state index contributed by atoms with van der Waals surface area (Å²) in [5.41, 5.74) is 0.435. The first kappa shape index (κ1) is 19.0. The Bertz CT molecular complexity index is 418. The van der Waals surface area contributed by atoms with Gasteiger partial charge in [0.05, 0.1) is 12.7 Å². The van der Waals surface area contributed by atoms with E-state index in [9.17, 15) is 9.59 Å². The Morgan fingerprint density at radius 3 is 2.57 bits per heavy atom. The van der Waals surface area contributed by atoms with Gasteiger partial charge in [-0.25, -0.2) is 14.6 Å². The molecule has 0 aliphatic carbocycles. The molecule has 2 N–H and O–H groups in total. The standard InChI is InChI=1S/C11H18N2O4.C2H3NO/c1-8(6-14)5-13(11(16)12-2)10-4-3-9(7-15)17-10;1-3-2-4/h5-6,9-10,15H,3-4,7H2,1-2H3,(H,12,16);1H3/b8-5-;. The summed E-state index contributed by atoms with van der Waals surface area (Å²) in [6.07, 6.45) is 4.10. The molecule has 1 heterocycles. The Hall–Kier alpha value is -2.02. The summed E-state index contributed by atoms with van der Waals surface area (Å²) >= 11 is 0. The molecule has 1 saturated heterocycles. The maximum Gasteiger partial charge on any atom is 0.323 e. The van der Waals surface area contributed by atoms with Crippen LogP contribution in [0.2, 0.25) is 0 Å². The maximum absolute atomic E-state index is 11.7. The number of carbonyl (C=O) groups excluding carboxylic acids is 3. The zero-order chi connectivity index (χ0) is 16.3. The van der Waals surface area contributed by atoms with E-state index in [1.54, 1.807) is 6.92 Å². The summed E-state index contributed by atoms with van der Waals surface area (Å²) < 4.78 is 5.50. The minimum Gasteiger partial charge on any atom is -0.394 e. The van der Waals surface area contributed by atoms with Crippen LogP contribution in [-0.4, -0.2) is 61.4 Å². The van der Waals surface area contributed by atoms with Gasteiger partial charge in [-0.05, 0) is 19.8 Å². The number of amides is 2. The van der Waals surface area contributed by atoms with Crippen molar-refractivity contribution >= 4 is 18.4 Å². The molecule has 1 aliphatic rings. The van der Waals surface area contributed by atoms with Gasteiger partial charge in [0.25, 0.3) is 0 Å². The molecule has 21 heavy (non-hydrogen) atoms. The van der Waals surface area contributed by atoms with Gasteiger partial charge in [0.1, 0.15) is 12.5 Å². The van der Waals surface area contributed by atoms with Crippen LogP contribution in [0.5, 0.6) is 0 Å². The minimum absolute atomic E-state index is 0.0611. The largest absolute Gasteiger partial charge is 0.394 e. The number of hydrogen-bond acceptors (Lipinski definition) is 6. The summed E-state index contributed by atoms with van der Waals surface area (Å²) in [6.45, 7) is 1.55. The van der Waals surface area contributed by atoms with Gasteiger partial charge in [-0.15, -0.1) is 0 Å². The van der Waals surface area contributed by atoms with Crippen molar-refractivity contribution in [2.24, 2.45) is 4.99 Å². The number of aldehydes is 1. The number of ether oxygens (including phenoxy) is 1. The highest BCUT2D eigenvalue weighted by molar-refractivity contribution is 5.78. The van der Waals surface area contributed by atoms with Crippen LogP contribution in [0.1, 0.15) is 19.8 Å². The lowest BCUT2D eigenvalue weighted by molar-refractivity contribution is -0.105. The highest BCUT2D eigenvalue weighted by atomic mass is 16.5. The van der Waals surface area contributed by atoms with Crippen LogP contribution in [0, 0.1) is 0 Å². The third-order valence-corrected chi connectivity index (χ3v) is 2.67. The molecular formula is C13H21N3O5. The lowest BCUT2D eigenvalue weighted by atomic mass is 10.2. The van der Waals surface area contributed by atoms with Crippen molar-refractivity contribution in [1.82, 2.24) is 10.2 Å². The van der Waals surface area contributed by atoms with Crippen LogP contribution in [0.4, 0.5) is 4.79 Å². The second-order valence-electron chi connectivity index (χ2n) is 4.24. The topological polar surface area (TPSA) is 108 Å². The van der Waals surface area contributed by atoms with Crippen molar-refractivity contribution in [1.29, 1.82) is 0 Å². The number of hydrogen-bond donors (Lipinski definition) is 2. The number of carbonyl (C=O) groups is 2. The number of rotatable bonds is 4. The Morgan fingerprint density at radius 1 is 1.57 bits per heavy atom. The van der Waals surface area contributed by atoms with Gasteiger partial charge in [0, 0.05) is 25.9 Å². The molecule has 0 aromatic heterocycles. The van der Waals surface area contributed by atoms with Gasteiger partial charge < -0.3 is 15.2 Å². The molecule has 2 amide bonds. The Balaban J connectivity index is 0.000000885. The molecule has 118 valence electrons. The molecule has 8 heteroatoms. The van der Waals surface area contributed by atoms with Crippen molar-refractivity contribution in [2.75, 3.05) is 20.7 Å². The average molecular weight is 299 g/mol. The van der Waals surface area contributed by atoms with Crippen molar-refractivity contribution in [2.45, 2.75) is 32.1 Å². The average Bonchev–Trinajstić information content (AvgIpc) is 3.00. The number of aliphatic hydroxyl groups excluding tert-OH is 1. The number of nitrogens with one attached hydrogen (secondary N) is 1. The second kappa shape index (κ2) is 10.7. The van der Waals surface area contributed by atoms with Gasteiger partial charge in [0.15, 0.2) is 0 Å². The lowest BCUT2D eigenvalue weighted by Crippen LogP contribution is -2.42. The fourth-order valence-corrected chi connectivity index (χ4v) is 1.68. The monoisotopic (exact) mass is 299 g/mol. The van der Waals surface area contributed by atoms with Crippen molar-refractivity contribution in [3.05, 3.63) is 11.8 Å². The Labute approximate surface area is 123 Å². The maximum atomic E-state index is 11.7. The molecule has 2 unspecified atom stereocenters. The van der Waals surface area contributed by atoms with Gasteiger partial charge in [-0.1, -0.05) is 0 Å². The van der Waals surface area contributed by atoms with E-state index in [-0.39, 0.29) is 18.7 Å². The van der Waals surface area contributed by atoms with E-state index in [1.807, 2.05) is 0 Å². The summed E-state index contributed by atoms with van der Waals surface area (Å²) in [7, 11) is 2.89. The molecule has 0 saturated carbocycles. The van der Waals surface area contributed by atoms with Crippen LogP contribution in [0.15, 0.2) is 16.8 Å². The van der Waals surface area contributed by atoms with E-state index < -0.39 is 6.23 Å².